The van der Waals surface area contributed by atoms with Crippen LogP contribution in [0.25, 0.3) is 0 Å². The Balaban J connectivity index is 2.28. The van der Waals surface area contributed by atoms with E-state index in [1.165, 1.54) is 32.0 Å². The molecule has 0 nitrogen and oxygen atoms in total. The van der Waals surface area contributed by atoms with E-state index >= 15 is 0 Å². The van der Waals surface area contributed by atoms with Crippen molar-refractivity contribution in [1.82, 2.24) is 0 Å². The van der Waals surface area contributed by atoms with Gasteiger partial charge in [0.15, 0.2) is 0 Å². The van der Waals surface area contributed by atoms with E-state index in [9.17, 15) is 0 Å². The van der Waals surface area contributed by atoms with Crippen LogP contribution < -0.4 is 0 Å². The third kappa shape index (κ3) is 1.31. The Labute approximate surface area is 59.3 Å². The summed E-state index contributed by atoms with van der Waals surface area (Å²) in [5.74, 6) is 0. The maximum absolute atomic E-state index is 2.32. The van der Waals surface area contributed by atoms with Crippen molar-refractivity contribution in [3.05, 3.63) is 0 Å². The summed E-state index contributed by atoms with van der Waals surface area (Å²) in [4.78, 5) is 0. The van der Waals surface area contributed by atoms with Crippen LogP contribution in [-0.2, 0) is 0 Å². The van der Waals surface area contributed by atoms with Gasteiger partial charge in [0.25, 0.3) is 0 Å². The summed E-state index contributed by atoms with van der Waals surface area (Å²) in [6.07, 6.45) is 7.17. The van der Waals surface area contributed by atoms with Gasteiger partial charge in [0.2, 0.25) is 0 Å². The molecular formula is C8H16B. The van der Waals surface area contributed by atoms with Gasteiger partial charge >= 0.3 is 0 Å². The third-order valence-electron chi connectivity index (χ3n) is 2.80. The highest BCUT2D eigenvalue weighted by atomic mass is 14.4. The van der Waals surface area contributed by atoms with Crippen LogP contribution in [0, 0.1) is 5.41 Å². The summed E-state index contributed by atoms with van der Waals surface area (Å²) in [7, 11) is 2.32. The summed E-state index contributed by atoms with van der Waals surface area (Å²) < 4.78 is 0. The molecule has 1 fully saturated rings. The molecule has 1 aliphatic rings. The van der Waals surface area contributed by atoms with Crippen LogP contribution in [0.15, 0.2) is 0 Å². The Hall–Kier alpha value is 0.0649. The van der Waals surface area contributed by atoms with Gasteiger partial charge in [-0.3, -0.25) is 0 Å². The second kappa shape index (κ2) is 2.77. The first-order chi connectivity index (χ1) is 4.33. The third-order valence-corrected chi connectivity index (χ3v) is 2.80. The fraction of sp³-hybridized carbons (Fsp3) is 1.00. The lowest BCUT2D eigenvalue weighted by molar-refractivity contribution is 0.154. The normalized spacial score (nSPS) is 22.9. The van der Waals surface area contributed by atoms with Gasteiger partial charge in [-0.2, -0.15) is 0 Å². The first-order valence-corrected chi connectivity index (χ1v) is 4.11. The smallest absolute Gasteiger partial charge is 0.0920 e. The molecule has 0 aromatic rings. The van der Waals surface area contributed by atoms with Gasteiger partial charge in [0.05, 0.1) is 0 Å². The lowest BCUT2D eigenvalue weighted by Gasteiger charge is -2.41. The van der Waals surface area contributed by atoms with E-state index in [1.807, 2.05) is 0 Å². The maximum Gasteiger partial charge on any atom is 0.106 e. The topological polar surface area (TPSA) is 0 Å². The fourth-order valence-corrected chi connectivity index (χ4v) is 1.81. The van der Waals surface area contributed by atoms with Crippen molar-refractivity contribution in [2.45, 2.75) is 45.8 Å². The molecule has 0 aliphatic heterocycles. The van der Waals surface area contributed by atoms with Crippen LogP contribution in [0.1, 0.15) is 32.6 Å². The summed E-state index contributed by atoms with van der Waals surface area (Å²) in [5, 5.41) is 0. The Kier molecular flexibility index (Phi) is 2.20. The quantitative estimate of drug-likeness (QED) is 0.506. The fourth-order valence-electron chi connectivity index (χ4n) is 1.81. The molecule has 51 valence electrons. The highest BCUT2D eigenvalue weighted by Gasteiger charge is 2.33. The molecule has 0 unspecified atom stereocenters. The summed E-state index contributed by atoms with van der Waals surface area (Å²) in [6.45, 7) is 4.50. The number of rotatable bonds is 3. The van der Waals surface area contributed by atoms with Crippen molar-refractivity contribution in [1.29, 1.82) is 0 Å². The predicted octanol–water partition coefficient (Wildman–Crippen LogP) is 2.74. The van der Waals surface area contributed by atoms with Crippen molar-refractivity contribution in [2.75, 3.05) is 0 Å². The van der Waals surface area contributed by atoms with Gasteiger partial charge in [0, 0.05) is 0 Å². The van der Waals surface area contributed by atoms with Crippen LogP contribution in [0.3, 0.4) is 0 Å². The highest BCUT2D eigenvalue weighted by molar-refractivity contribution is 6.33. The van der Waals surface area contributed by atoms with Crippen LogP contribution in [-0.4, -0.2) is 7.28 Å². The Morgan fingerprint density at radius 1 is 1.44 bits per heavy atom. The molecular weight excluding hydrogens is 107 g/mol. The van der Waals surface area contributed by atoms with Crippen LogP contribution in [0.4, 0.5) is 0 Å². The molecule has 0 aromatic carbocycles. The molecule has 1 aliphatic carbocycles. The van der Waals surface area contributed by atoms with E-state index in [-0.39, 0.29) is 0 Å². The van der Waals surface area contributed by atoms with Crippen molar-refractivity contribution in [3.63, 3.8) is 0 Å². The Morgan fingerprint density at radius 3 is 2.22 bits per heavy atom. The van der Waals surface area contributed by atoms with E-state index in [4.69, 9.17) is 0 Å². The number of hydrogen-bond acceptors (Lipinski definition) is 0. The van der Waals surface area contributed by atoms with Crippen LogP contribution >= 0.6 is 0 Å². The predicted molar refractivity (Wildman–Crippen MR) is 43.0 cm³/mol. The molecule has 0 amide bonds. The molecule has 0 spiro atoms. The minimum Gasteiger partial charge on any atom is -0.0920 e. The van der Waals surface area contributed by atoms with E-state index in [0.29, 0.717) is 0 Å². The molecule has 1 heteroatoms. The average Bonchev–Trinajstić information content (AvgIpc) is 1.79. The second-order valence-corrected chi connectivity index (χ2v) is 3.32. The first kappa shape index (κ1) is 7.18. The minimum absolute atomic E-state index is 0.759. The molecule has 1 radical (unpaired) electrons. The zero-order valence-electron chi connectivity index (χ0n) is 6.61. The molecule has 0 N–H and O–H groups in total. The van der Waals surface area contributed by atoms with E-state index < -0.39 is 0 Å². The Bertz CT molecular complexity index is 79.1. The lowest BCUT2D eigenvalue weighted by atomic mass is 9.55. The molecule has 0 heterocycles. The van der Waals surface area contributed by atoms with Crippen LogP contribution in [0.2, 0.25) is 13.1 Å². The van der Waals surface area contributed by atoms with Crippen molar-refractivity contribution in [2.24, 2.45) is 5.41 Å². The highest BCUT2D eigenvalue weighted by Crippen LogP contribution is 2.46. The minimum atomic E-state index is 0.759. The van der Waals surface area contributed by atoms with Gasteiger partial charge in [-0.1, -0.05) is 32.9 Å². The molecule has 0 saturated heterocycles. The van der Waals surface area contributed by atoms with Crippen molar-refractivity contribution in [3.8, 4) is 0 Å². The number of hydrogen-bond donors (Lipinski definition) is 0. The maximum atomic E-state index is 2.32. The summed E-state index contributed by atoms with van der Waals surface area (Å²) >= 11 is 0. The molecule has 0 aromatic heterocycles. The standard InChI is InChI=1S/C8H16B/c1-3-8(7-9-2)5-4-6-8/h3-7H2,1-2H3. The SMILES string of the molecule is C[B]CC1(CC)CCC1. The zero-order chi connectivity index (χ0) is 6.74. The van der Waals surface area contributed by atoms with Gasteiger partial charge in [0.1, 0.15) is 7.28 Å². The van der Waals surface area contributed by atoms with Gasteiger partial charge in [-0.05, 0) is 18.3 Å². The van der Waals surface area contributed by atoms with Crippen molar-refractivity contribution >= 4 is 7.28 Å². The summed E-state index contributed by atoms with van der Waals surface area (Å²) in [5.41, 5.74) is 0.759. The molecule has 9 heavy (non-hydrogen) atoms. The Morgan fingerprint density at radius 2 is 2.11 bits per heavy atom. The average molecular weight is 123 g/mol. The monoisotopic (exact) mass is 123 g/mol. The largest absolute Gasteiger partial charge is 0.106 e. The van der Waals surface area contributed by atoms with E-state index in [0.717, 1.165) is 5.41 Å². The lowest BCUT2D eigenvalue weighted by Crippen LogP contribution is -2.28. The molecule has 0 bridgehead atoms. The zero-order valence-corrected chi connectivity index (χ0v) is 6.61. The van der Waals surface area contributed by atoms with Crippen LogP contribution in [0.5, 0.6) is 0 Å². The van der Waals surface area contributed by atoms with Gasteiger partial charge < -0.3 is 0 Å². The molecule has 1 saturated carbocycles. The van der Waals surface area contributed by atoms with Gasteiger partial charge in [-0.25, -0.2) is 0 Å². The first-order valence-electron chi connectivity index (χ1n) is 4.11. The second-order valence-electron chi connectivity index (χ2n) is 3.32. The van der Waals surface area contributed by atoms with E-state index in [1.54, 1.807) is 0 Å². The summed E-state index contributed by atoms with van der Waals surface area (Å²) in [6, 6.07) is 0. The molecule has 1 rings (SSSR count). The van der Waals surface area contributed by atoms with Gasteiger partial charge in [-0.15, -0.1) is 0 Å². The molecule has 0 atom stereocenters. The van der Waals surface area contributed by atoms with Crippen molar-refractivity contribution < 1.29 is 0 Å². The van der Waals surface area contributed by atoms with E-state index in [2.05, 4.69) is 21.0 Å².